The second-order valence-corrected chi connectivity index (χ2v) is 6.94. The Morgan fingerprint density at radius 2 is 1.37 bits per heavy atom. The quantitative estimate of drug-likeness (QED) is 0.605. The van der Waals surface area contributed by atoms with Gasteiger partial charge in [-0.1, -0.05) is 91.0 Å². The molecule has 0 amide bonds. The first-order valence-corrected chi connectivity index (χ1v) is 9.48. The van der Waals surface area contributed by atoms with Gasteiger partial charge in [0.15, 0.2) is 0 Å². The van der Waals surface area contributed by atoms with Crippen molar-refractivity contribution in [3.63, 3.8) is 0 Å². The molecule has 2 atom stereocenters. The minimum absolute atomic E-state index is 0.0308. The van der Waals surface area contributed by atoms with E-state index in [-0.39, 0.29) is 12.3 Å². The van der Waals surface area contributed by atoms with Crippen LogP contribution in [-0.4, -0.2) is 24.2 Å². The van der Waals surface area contributed by atoms with Crippen LogP contribution in [0.25, 0.3) is 0 Å². The van der Waals surface area contributed by atoms with Gasteiger partial charge in [-0.05, 0) is 16.7 Å². The van der Waals surface area contributed by atoms with Gasteiger partial charge in [-0.3, -0.25) is 4.90 Å². The maximum atomic E-state index is 6.37. The standard InChI is InChI=1S/C24H25NO2/c1-4-10-20(11-5-1)16-25-17-23(19-26-18-21-12-6-2-7-13-21)27-24(25)22-14-8-3-9-15-22/h1-15,23-24H,16-19H2/t23-,24+/m0/s1. The summed E-state index contributed by atoms with van der Waals surface area (Å²) in [5.74, 6) is 0. The molecule has 1 aliphatic rings. The van der Waals surface area contributed by atoms with Crippen molar-refractivity contribution in [2.75, 3.05) is 13.2 Å². The first kappa shape index (κ1) is 17.9. The lowest BCUT2D eigenvalue weighted by Gasteiger charge is -2.23. The monoisotopic (exact) mass is 359 g/mol. The van der Waals surface area contributed by atoms with Gasteiger partial charge in [-0.15, -0.1) is 0 Å². The fourth-order valence-corrected chi connectivity index (χ4v) is 3.52. The number of hydrogen-bond donors (Lipinski definition) is 0. The Labute approximate surface area is 161 Å². The van der Waals surface area contributed by atoms with Gasteiger partial charge in [0.1, 0.15) is 6.23 Å². The summed E-state index contributed by atoms with van der Waals surface area (Å²) in [6, 6.07) is 31.3. The Hall–Kier alpha value is -2.46. The maximum Gasteiger partial charge on any atom is 0.137 e. The predicted octanol–water partition coefficient (Wildman–Crippen LogP) is 4.80. The molecular formula is C24H25NO2. The Morgan fingerprint density at radius 3 is 2.04 bits per heavy atom. The molecule has 1 aliphatic heterocycles. The number of benzene rings is 3. The lowest BCUT2D eigenvalue weighted by atomic mass is 10.1. The fourth-order valence-electron chi connectivity index (χ4n) is 3.52. The summed E-state index contributed by atoms with van der Waals surface area (Å²) in [4.78, 5) is 2.39. The van der Waals surface area contributed by atoms with E-state index in [0.29, 0.717) is 13.2 Å². The van der Waals surface area contributed by atoms with E-state index in [2.05, 4.69) is 71.6 Å². The number of rotatable bonds is 7. The molecule has 3 aromatic rings. The normalized spacial score (nSPS) is 20.0. The maximum absolute atomic E-state index is 6.37. The van der Waals surface area contributed by atoms with E-state index in [1.807, 2.05) is 24.3 Å². The van der Waals surface area contributed by atoms with Crippen LogP contribution in [0.4, 0.5) is 0 Å². The van der Waals surface area contributed by atoms with Gasteiger partial charge in [0, 0.05) is 13.1 Å². The minimum atomic E-state index is -0.0308. The fraction of sp³-hybridized carbons (Fsp3) is 0.250. The van der Waals surface area contributed by atoms with E-state index in [1.54, 1.807) is 0 Å². The largest absolute Gasteiger partial charge is 0.374 e. The van der Waals surface area contributed by atoms with Crippen molar-refractivity contribution in [2.45, 2.75) is 25.5 Å². The van der Waals surface area contributed by atoms with Crippen LogP contribution in [0.2, 0.25) is 0 Å². The van der Waals surface area contributed by atoms with Crippen LogP contribution in [0.5, 0.6) is 0 Å². The molecule has 3 heteroatoms. The first-order chi connectivity index (χ1) is 13.4. The molecule has 3 aromatic carbocycles. The summed E-state index contributed by atoms with van der Waals surface area (Å²) in [5, 5.41) is 0. The summed E-state index contributed by atoms with van der Waals surface area (Å²) < 4.78 is 12.3. The van der Waals surface area contributed by atoms with E-state index >= 15 is 0 Å². The molecule has 0 unspecified atom stereocenters. The summed E-state index contributed by atoms with van der Waals surface area (Å²) in [6.07, 6.45) is 0.0411. The van der Waals surface area contributed by atoms with E-state index < -0.39 is 0 Å². The minimum Gasteiger partial charge on any atom is -0.374 e. The van der Waals surface area contributed by atoms with E-state index in [4.69, 9.17) is 9.47 Å². The highest BCUT2D eigenvalue weighted by Gasteiger charge is 2.33. The van der Waals surface area contributed by atoms with Gasteiger partial charge in [0.25, 0.3) is 0 Å². The molecule has 1 heterocycles. The molecule has 3 nitrogen and oxygen atoms in total. The van der Waals surface area contributed by atoms with Crippen molar-refractivity contribution in [1.82, 2.24) is 4.90 Å². The summed E-state index contributed by atoms with van der Waals surface area (Å²) in [7, 11) is 0. The average molecular weight is 359 g/mol. The zero-order valence-corrected chi connectivity index (χ0v) is 15.4. The van der Waals surface area contributed by atoms with Crippen LogP contribution < -0.4 is 0 Å². The first-order valence-electron chi connectivity index (χ1n) is 9.48. The lowest BCUT2D eigenvalue weighted by molar-refractivity contribution is -0.0397. The van der Waals surface area contributed by atoms with Crippen molar-refractivity contribution < 1.29 is 9.47 Å². The zero-order chi connectivity index (χ0) is 18.3. The summed E-state index contributed by atoms with van der Waals surface area (Å²) >= 11 is 0. The van der Waals surface area contributed by atoms with Gasteiger partial charge in [0.2, 0.25) is 0 Å². The summed E-state index contributed by atoms with van der Waals surface area (Å²) in [5.41, 5.74) is 3.68. The van der Waals surface area contributed by atoms with Crippen molar-refractivity contribution >= 4 is 0 Å². The SMILES string of the molecule is c1ccc(COC[C@@H]2CN(Cc3ccccc3)[C@@H](c3ccccc3)O2)cc1. The van der Waals surface area contributed by atoms with Crippen LogP contribution in [0, 0.1) is 0 Å². The van der Waals surface area contributed by atoms with Crippen molar-refractivity contribution in [1.29, 1.82) is 0 Å². The van der Waals surface area contributed by atoms with Crippen molar-refractivity contribution in [3.8, 4) is 0 Å². The van der Waals surface area contributed by atoms with Gasteiger partial charge in [0.05, 0.1) is 19.3 Å². The lowest BCUT2D eigenvalue weighted by Crippen LogP contribution is -2.25. The molecule has 27 heavy (non-hydrogen) atoms. The van der Waals surface area contributed by atoms with Gasteiger partial charge >= 0.3 is 0 Å². The molecule has 0 bridgehead atoms. The molecule has 0 spiro atoms. The van der Waals surface area contributed by atoms with Crippen LogP contribution in [-0.2, 0) is 22.6 Å². The molecule has 0 aliphatic carbocycles. The molecule has 0 radical (unpaired) electrons. The molecule has 0 N–H and O–H groups in total. The number of hydrogen-bond acceptors (Lipinski definition) is 3. The Bertz CT molecular complexity index is 808. The zero-order valence-electron chi connectivity index (χ0n) is 15.4. The molecule has 138 valence electrons. The van der Waals surface area contributed by atoms with Gasteiger partial charge in [-0.25, -0.2) is 0 Å². The highest BCUT2D eigenvalue weighted by atomic mass is 16.6. The van der Waals surface area contributed by atoms with Crippen LogP contribution in [0.15, 0.2) is 91.0 Å². The molecule has 1 saturated heterocycles. The van der Waals surface area contributed by atoms with E-state index in [1.165, 1.54) is 16.7 Å². The van der Waals surface area contributed by atoms with E-state index in [0.717, 1.165) is 13.1 Å². The Morgan fingerprint density at radius 1 is 0.778 bits per heavy atom. The highest BCUT2D eigenvalue weighted by Crippen LogP contribution is 2.31. The predicted molar refractivity (Wildman–Crippen MR) is 107 cm³/mol. The number of ether oxygens (including phenoxy) is 2. The third kappa shape index (κ3) is 4.83. The molecule has 1 fully saturated rings. The van der Waals surface area contributed by atoms with Crippen molar-refractivity contribution in [3.05, 3.63) is 108 Å². The highest BCUT2D eigenvalue weighted by molar-refractivity contribution is 5.20. The summed E-state index contributed by atoms with van der Waals surface area (Å²) in [6.45, 7) is 2.96. The third-order valence-corrected chi connectivity index (χ3v) is 4.82. The topological polar surface area (TPSA) is 21.7 Å². The van der Waals surface area contributed by atoms with Crippen LogP contribution in [0.3, 0.4) is 0 Å². The molecule has 0 aromatic heterocycles. The van der Waals surface area contributed by atoms with Crippen LogP contribution in [0.1, 0.15) is 22.9 Å². The van der Waals surface area contributed by atoms with E-state index in [9.17, 15) is 0 Å². The molecule has 0 saturated carbocycles. The van der Waals surface area contributed by atoms with Crippen LogP contribution >= 0.6 is 0 Å². The van der Waals surface area contributed by atoms with Crippen molar-refractivity contribution in [2.24, 2.45) is 0 Å². The number of nitrogens with zero attached hydrogens (tertiary/aromatic N) is 1. The smallest absolute Gasteiger partial charge is 0.137 e. The Kier molecular flexibility index (Phi) is 5.95. The van der Waals surface area contributed by atoms with Gasteiger partial charge in [-0.2, -0.15) is 0 Å². The molecular weight excluding hydrogens is 334 g/mol. The Balaban J connectivity index is 1.40. The third-order valence-electron chi connectivity index (χ3n) is 4.82. The second kappa shape index (κ2) is 8.96. The second-order valence-electron chi connectivity index (χ2n) is 6.94. The van der Waals surface area contributed by atoms with Gasteiger partial charge < -0.3 is 9.47 Å². The average Bonchev–Trinajstić information content (AvgIpc) is 3.13. The molecule has 4 rings (SSSR count).